The monoisotopic (exact) mass is 328 g/mol. The van der Waals surface area contributed by atoms with Gasteiger partial charge < -0.3 is 15.3 Å². The number of nitrogens with zero attached hydrogens (tertiary/aromatic N) is 1. The molecule has 0 aromatic carbocycles. The number of allylic oxidation sites excluding steroid dienone is 3. The Labute approximate surface area is 143 Å². The summed E-state index contributed by atoms with van der Waals surface area (Å²) < 4.78 is 0. The number of hydrogen-bond donors (Lipinski definition) is 3. The molecule has 3 aliphatic heterocycles. The quantitative estimate of drug-likeness (QED) is 0.687. The van der Waals surface area contributed by atoms with Gasteiger partial charge in [-0.25, -0.2) is 0 Å². The Morgan fingerprint density at radius 2 is 1.60 bits per heavy atom. The highest BCUT2D eigenvalue weighted by Crippen LogP contribution is 2.21. The summed E-state index contributed by atoms with van der Waals surface area (Å²) in [4.78, 5) is 23.6. The smallest absolute Gasteiger partial charge is 0.204 e. The fourth-order valence-electron chi connectivity index (χ4n) is 3.30. The van der Waals surface area contributed by atoms with Crippen LogP contribution < -0.4 is 16.0 Å². The van der Waals surface area contributed by atoms with Gasteiger partial charge in [-0.15, -0.1) is 0 Å². The van der Waals surface area contributed by atoms with E-state index in [4.69, 9.17) is 4.99 Å². The first kappa shape index (κ1) is 14.0. The highest BCUT2D eigenvalue weighted by Gasteiger charge is 2.17. The minimum absolute atomic E-state index is 0.0203. The summed E-state index contributed by atoms with van der Waals surface area (Å²) >= 11 is 0. The van der Waals surface area contributed by atoms with Crippen molar-refractivity contribution >= 4 is 35.8 Å². The van der Waals surface area contributed by atoms with E-state index in [1.54, 1.807) is 6.08 Å². The molecule has 2 aromatic heterocycles. The number of nitrogens with one attached hydrogen (secondary N) is 3. The van der Waals surface area contributed by atoms with Crippen LogP contribution in [-0.2, 0) is 4.79 Å². The van der Waals surface area contributed by atoms with Crippen molar-refractivity contribution in [2.75, 3.05) is 0 Å². The maximum absolute atomic E-state index is 12.2. The zero-order valence-electron chi connectivity index (χ0n) is 13.5. The van der Waals surface area contributed by atoms with Crippen LogP contribution in [0.15, 0.2) is 52.4 Å². The molecule has 5 rings (SSSR count). The molecule has 3 aliphatic rings. The number of hydrogen-bond acceptors (Lipinski definition) is 3. The van der Waals surface area contributed by atoms with E-state index in [9.17, 15) is 4.79 Å². The van der Waals surface area contributed by atoms with Crippen molar-refractivity contribution in [1.29, 1.82) is 0 Å². The molecular formula is C20H16N4O. The zero-order valence-corrected chi connectivity index (χ0v) is 13.5. The van der Waals surface area contributed by atoms with Gasteiger partial charge in [-0.1, -0.05) is 0 Å². The summed E-state index contributed by atoms with van der Waals surface area (Å²) in [6, 6.07) is 8.00. The van der Waals surface area contributed by atoms with Crippen LogP contribution in [0, 0.1) is 0 Å². The topological polar surface area (TPSA) is 73.0 Å². The molecule has 0 unspecified atom stereocenters. The fraction of sp³-hybridized carbons (Fsp3) is 0.100. The largest absolute Gasteiger partial charge is 0.355 e. The van der Waals surface area contributed by atoms with Crippen molar-refractivity contribution < 1.29 is 4.79 Å². The normalized spacial score (nSPS) is 25.4. The van der Waals surface area contributed by atoms with Crippen molar-refractivity contribution in [2.45, 2.75) is 12.8 Å². The molecule has 3 N–H and O–H groups in total. The molecule has 0 saturated carbocycles. The van der Waals surface area contributed by atoms with Crippen LogP contribution in [0.25, 0.3) is 24.3 Å². The van der Waals surface area contributed by atoms with Crippen LogP contribution in [0.2, 0.25) is 0 Å². The van der Waals surface area contributed by atoms with Gasteiger partial charge in [-0.3, -0.25) is 9.79 Å². The third kappa shape index (κ3) is 2.70. The highest BCUT2D eigenvalue weighted by molar-refractivity contribution is 6.12. The molecule has 5 heterocycles. The lowest BCUT2D eigenvalue weighted by molar-refractivity contribution is -0.111. The van der Waals surface area contributed by atoms with Crippen molar-refractivity contribution in [3.05, 3.63) is 69.5 Å². The number of carbonyl (C=O) groups is 1. The van der Waals surface area contributed by atoms with E-state index < -0.39 is 0 Å². The molecule has 25 heavy (non-hydrogen) atoms. The van der Waals surface area contributed by atoms with E-state index in [1.165, 1.54) is 0 Å². The summed E-state index contributed by atoms with van der Waals surface area (Å²) in [5.74, 6) is -0.0203. The second-order valence-corrected chi connectivity index (χ2v) is 6.41. The van der Waals surface area contributed by atoms with E-state index in [0.29, 0.717) is 5.70 Å². The van der Waals surface area contributed by atoms with Gasteiger partial charge in [-0.2, -0.15) is 0 Å². The predicted octanol–water partition coefficient (Wildman–Crippen LogP) is 1.59. The van der Waals surface area contributed by atoms with Crippen LogP contribution in [0.1, 0.15) is 24.2 Å². The molecule has 0 atom stereocenters. The summed E-state index contributed by atoms with van der Waals surface area (Å²) in [6.45, 7) is 0. The van der Waals surface area contributed by atoms with Gasteiger partial charge in [0.05, 0.1) is 5.70 Å². The Morgan fingerprint density at radius 3 is 2.48 bits per heavy atom. The Morgan fingerprint density at radius 1 is 0.800 bits per heavy atom. The Bertz CT molecular complexity index is 1130. The Kier molecular flexibility index (Phi) is 3.00. The number of rotatable bonds is 0. The average Bonchev–Trinajstić information content (AvgIpc) is 3.33. The summed E-state index contributed by atoms with van der Waals surface area (Å²) in [6.07, 6.45) is 11.4. The lowest BCUT2D eigenvalue weighted by Crippen LogP contribution is -2.14. The second-order valence-electron chi connectivity index (χ2n) is 6.41. The fourth-order valence-corrected chi connectivity index (χ4v) is 3.30. The molecule has 0 amide bonds. The van der Waals surface area contributed by atoms with Gasteiger partial charge in [0.25, 0.3) is 0 Å². The third-order valence-electron chi connectivity index (χ3n) is 4.47. The molecule has 0 fully saturated rings. The minimum atomic E-state index is -0.0203. The van der Waals surface area contributed by atoms with E-state index >= 15 is 0 Å². The molecule has 0 aliphatic carbocycles. The van der Waals surface area contributed by atoms with E-state index in [-0.39, 0.29) is 5.78 Å². The predicted molar refractivity (Wildman–Crippen MR) is 98.6 cm³/mol. The molecule has 0 spiro atoms. The molecule has 2 aromatic rings. The molecule has 5 nitrogen and oxygen atoms in total. The Hall–Kier alpha value is -3.34. The van der Waals surface area contributed by atoms with Gasteiger partial charge in [0.15, 0.2) is 0 Å². The van der Waals surface area contributed by atoms with Crippen molar-refractivity contribution in [3.63, 3.8) is 0 Å². The zero-order chi connectivity index (χ0) is 16.8. The summed E-state index contributed by atoms with van der Waals surface area (Å²) in [5.41, 5.74) is 5.38. The standard InChI is InChI=1S/C20H16N4O/c25-20-11-18-9-16-4-3-14(22-16)7-12-1-2-13(21-12)8-15-5-6-17(23-15)10-19(20)24-18/h3-11,22-24H,1-2H2/b13-8-,14-7-,16-9-,19-10-. The minimum Gasteiger partial charge on any atom is -0.355 e. The maximum atomic E-state index is 12.2. The molecule has 5 heteroatoms. The number of carbonyl (C=O) groups excluding carboxylic acids is 1. The van der Waals surface area contributed by atoms with E-state index in [2.05, 4.69) is 27.4 Å². The molecule has 8 bridgehead atoms. The molecule has 122 valence electrons. The average molecular weight is 328 g/mol. The van der Waals surface area contributed by atoms with E-state index in [1.807, 2.05) is 36.4 Å². The van der Waals surface area contributed by atoms with Crippen molar-refractivity contribution in [1.82, 2.24) is 15.3 Å². The van der Waals surface area contributed by atoms with E-state index in [0.717, 1.165) is 52.0 Å². The third-order valence-corrected chi connectivity index (χ3v) is 4.47. The van der Waals surface area contributed by atoms with Crippen LogP contribution in [-0.4, -0.2) is 21.5 Å². The molecular weight excluding hydrogens is 312 g/mol. The number of aromatic amines is 2. The lowest BCUT2D eigenvalue weighted by atomic mass is 10.2. The maximum Gasteiger partial charge on any atom is 0.204 e. The van der Waals surface area contributed by atoms with Gasteiger partial charge in [-0.05, 0) is 61.4 Å². The van der Waals surface area contributed by atoms with Crippen LogP contribution in [0.3, 0.4) is 0 Å². The van der Waals surface area contributed by atoms with Gasteiger partial charge >= 0.3 is 0 Å². The van der Waals surface area contributed by atoms with Crippen molar-refractivity contribution in [2.24, 2.45) is 4.99 Å². The van der Waals surface area contributed by atoms with Crippen molar-refractivity contribution in [3.8, 4) is 0 Å². The van der Waals surface area contributed by atoms with Crippen LogP contribution >= 0.6 is 0 Å². The lowest BCUT2D eigenvalue weighted by Gasteiger charge is -1.99. The number of ketones is 1. The van der Waals surface area contributed by atoms with Gasteiger partial charge in [0.1, 0.15) is 0 Å². The molecule has 0 saturated heterocycles. The SMILES string of the molecule is O=C1C=C2/C=c3/cc/c([nH]3)=C/C3=NC(=C\c4ccc([nH]4)/C=C/1N2)/CC3. The van der Waals surface area contributed by atoms with Crippen LogP contribution in [0.5, 0.6) is 0 Å². The summed E-state index contributed by atoms with van der Waals surface area (Å²) in [7, 11) is 0. The first-order valence-electron chi connectivity index (χ1n) is 8.32. The van der Waals surface area contributed by atoms with Crippen LogP contribution in [0.4, 0.5) is 0 Å². The number of aliphatic imine (C=N–C) groups is 1. The second kappa shape index (κ2) is 5.34. The summed E-state index contributed by atoms with van der Waals surface area (Å²) in [5, 5.41) is 5.14. The number of aromatic nitrogens is 2. The first-order chi connectivity index (χ1) is 12.2. The molecule has 0 radical (unpaired) electrons. The number of fused-ring (bicyclic) bond motifs is 7. The number of H-pyrrole nitrogens is 2. The van der Waals surface area contributed by atoms with Gasteiger partial charge in [0.2, 0.25) is 5.78 Å². The highest BCUT2D eigenvalue weighted by atomic mass is 16.1. The first-order valence-corrected chi connectivity index (χ1v) is 8.32. The van der Waals surface area contributed by atoms with Gasteiger partial charge in [0, 0.05) is 45.3 Å². The Balaban J connectivity index is 1.69.